The highest BCUT2D eigenvalue weighted by molar-refractivity contribution is 7.89. The van der Waals surface area contributed by atoms with E-state index in [-0.39, 0.29) is 15.5 Å². The van der Waals surface area contributed by atoms with Crippen LogP contribution in [0.5, 0.6) is 0 Å². The van der Waals surface area contributed by atoms with Crippen LogP contribution in [0.1, 0.15) is 26.4 Å². The zero-order chi connectivity index (χ0) is 22.5. The van der Waals surface area contributed by atoms with Gasteiger partial charge in [0.15, 0.2) is 6.61 Å². The molecule has 0 aliphatic carbocycles. The quantitative estimate of drug-likeness (QED) is 0.583. The second kappa shape index (κ2) is 9.83. The van der Waals surface area contributed by atoms with E-state index in [0.29, 0.717) is 5.56 Å². The number of anilines is 1. The summed E-state index contributed by atoms with van der Waals surface area (Å²) < 4.78 is 35.9. The van der Waals surface area contributed by atoms with E-state index in [1.165, 1.54) is 30.6 Å². The molecule has 0 saturated carbocycles. The van der Waals surface area contributed by atoms with Gasteiger partial charge < -0.3 is 14.8 Å². The number of sulfonamides is 1. The number of benzene rings is 1. The maximum absolute atomic E-state index is 12.2. The van der Waals surface area contributed by atoms with Gasteiger partial charge in [-0.2, -0.15) is 4.72 Å². The summed E-state index contributed by atoms with van der Waals surface area (Å²) in [6.07, 6.45) is 0. The number of thiophene rings is 1. The molecule has 0 unspecified atom stereocenters. The van der Waals surface area contributed by atoms with Crippen molar-refractivity contribution in [2.75, 3.05) is 25.6 Å². The lowest BCUT2D eigenvalue weighted by Crippen LogP contribution is -2.32. The Morgan fingerprint density at radius 1 is 1.07 bits per heavy atom. The fraction of sp³-hybridized carbons (Fsp3) is 0.316. The van der Waals surface area contributed by atoms with Crippen molar-refractivity contribution in [1.29, 1.82) is 0 Å². The van der Waals surface area contributed by atoms with Crippen LogP contribution in [0, 0.1) is 20.8 Å². The van der Waals surface area contributed by atoms with Crippen LogP contribution in [0.3, 0.4) is 0 Å². The molecule has 1 aromatic carbocycles. The van der Waals surface area contributed by atoms with Crippen LogP contribution < -0.4 is 10.0 Å². The molecule has 0 saturated heterocycles. The molecule has 1 aromatic heterocycles. The van der Waals surface area contributed by atoms with Crippen molar-refractivity contribution >= 4 is 44.2 Å². The fourth-order valence-electron chi connectivity index (χ4n) is 2.38. The van der Waals surface area contributed by atoms with Crippen LogP contribution in [0.2, 0.25) is 0 Å². The molecule has 0 aliphatic rings. The molecule has 2 aromatic rings. The van der Waals surface area contributed by atoms with Crippen molar-refractivity contribution in [2.45, 2.75) is 25.7 Å². The summed E-state index contributed by atoms with van der Waals surface area (Å²) in [5.41, 5.74) is 1.82. The summed E-state index contributed by atoms with van der Waals surface area (Å²) in [6, 6.07) is 6.10. The number of aryl methyl sites for hydroxylation is 2. The van der Waals surface area contributed by atoms with E-state index >= 15 is 0 Å². The number of hydrogen-bond acceptors (Lipinski definition) is 8. The molecule has 0 bridgehead atoms. The first-order chi connectivity index (χ1) is 14.0. The zero-order valence-electron chi connectivity index (χ0n) is 16.9. The Hall–Kier alpha value is -2.76. The van der Waals surface area contributed by atoms with E-state index in [1.807, 2.05) is 6.92 Å². The average molecular weight is 455 g/mol. The molecule has 0 aliphatic heterocycles. The summed E-state index contributed by atoms with van der Waals surface area (Å²) in [7, 11) is -2.64. The van der Waals surface area contributed by atoms with Gasteiger partial charge in [0.1, 0.15) is 11.5 Å². The van der Waals surface area contributed by atoms with Gasteiger partial charge in [0, 0.05) is 4.88 Å². The lowest BCUT2D eigenvalue weighted by molar-refractivity contribution is -0.146. The number of ether oxygens (including phenoxy) is 2. The van der Waals surface area contributed by atoms with Gasteiger partial charge in [-0.1, -0.05) is 17.7 Å². The van der Waals surface area contributed by atoms with Gasteiger partial charge in [0.2, 0.25) is 10.0 Å². The van der Waals surface area contributed by atoms with Crippen molar-refractivity contribution in [3.63, 3.8) is 0 Å². The normalized spacial score (nSPS) is 11.1. The minimum atomic E-state index is -3.88. The smallest absolute Gasteiger partial charge is 0.341 e. The summed E-state index contributed by atoms with van der Waals surface area (Å²) in [6.45, 7) is 4.07. The first-order valence-corrected chi connectivity index (χ1v) is 11.0. The number of methoxy groups -OCH3 is 1. The van der Waals surface area contributed by atoms with Crippen LogP contribution in [0.25, 0.3) is 0 Å². The van der Waals surface area contributed by atoms with E-state index in [9.17, 15) is 22.8 Å². The Labute approximate surface area is 178 Å². The molecule has 0 spiro atoms. The summed E-state index contributed by atoms with van der Waals surface area (Å²) in [5.74, 6) is -2.18. The Bertz CT molecular complexity index is 1060. The second-order valence-corrected chi connectivity index (χ2v) is 9.32. The van der Waals surface area contributed by atoms with Gasteiger partial charge >= 0.3 is 11.9 Å². The highest BCUT2D eigenvalue weighted by Crippen LogP contribution is 2.32. The van der Waals surface area contributed by atoms with Crippen LogP contribution in [-0.4, -0.2) is 46.5 Å². The van der Waals surface area contributed by atoms with Gasteiger partial charge in [-0.25, -0.2) is 13.2 Å². The van der Waals surface area contributed by atoms with E-state index in [4.69, 9.17) is 9.47 Å². The van der Waals surface area contributed by atoms with E-state index in [1.54, 1.807) is 26.0 Å². The highest BCUT2D eigenvalue weighted by atomic mass is 32.2. The third kappa shape index (κ3) is 5.88. The van der Waals surface area contributed by atoms with Gasteiger partial charge in [-0.15, -0.1) is 11.3 Å². The topological polar surface area (TPSA) is 128 Å². The van der Waals surface area contributed by atoms with Crippen LogP contribution in [0.4, 0.5) is 5.00 Å². The number of esters is 2. The van der Waals surface area contributed by atoms with Crippen molar-refractivity contribution in [2.24, 2.45) is 0 Å². The Morgan fingerprint density at radius 2 is 1.70 bits per heavy atom. The summed E-state index contributed by atoms with van der Waals surface area (Å²) >= 11 is 1.19. The third-order valence-corrected chi connectivity index (χ3v) is 6.67. The fourth-order valence-corrected chi connectivity index (χ4v) is 4.41. The maximum Gasteiger partial charge on any atom is 0.341 e. The molecule has 162 valence electrons. The van der Waals surface area contributed by atoms with Crippen LogP contribution >= 0.6 is 11.3 Å². The Morgan fingerprint density at radius 3 is 2.30 bits per heavy atom. The molecule has 9 nitrogen and oxygen atoms in total. The van der Waals surface area contributed by atoms with Crippen molar-refractivity contribution in [3.8, 4) is 0 Å². The van der Waals surface area contributed by atoms with Gasteiger partial charge in [0.25, 0.3) is 5.91 Å². The monoisotopic (exact) mass is 454 g/mol. The minimum Gasteiger partial charge on any atom is -0.465 e. The molecular formula is C19H22N2O7S2. The second-order valence-electron chi connectivity index (χ2n) is 6.33. The molecule has 0 radical (unpaired) electrons. The largest absolute Gasteiger partial charge is 0.465 e. The maximum atomic E-state index is 12.2. The van der Waals surface area contributed by atoms with Crippen molar-refractivity contribution in [3.05, 3.63) is 45.8 Å². The predicted octanol–water partition coefficient (Wildman–Crippen LogP) is 1.92. The molecule has 1 heterocycles. The van der Waals surface area contributed by atoms with Gasteiger partial charge in [0.05, 0.1) is 17.6 Å². The first kappa shape index (κ1) is 23.5. The van der Waals surface area contributed by atoms with Crippen molar-refractivity contribution < 1.29 is 32.3 Å². The summed E-state index contributed by atoms with van der Waals surface area (Å²) in [5, 5.41) is 2.80. The molecule has 2 N–H and O–H groups in total. The van der Waals surface area contributed by atoms with E-state index in [0.717, 1.165) is 10.4 Å². The van der Waals surface area contributed by atoms with Crippen LogP contribution in [-0.2, 0) is 29.1 Å². The van der Waals surface area contributed by atoms with Gasteiger partial charge in [-0.05, 0) is 38.5 Å². The minimum absolute atomic E-state index is 0.0115. The molecule has 30 heavy (non-hydrogen) atoms. The number of nitrogens with one attached hydrogen (secondary N) is 2. The van der Waals surface area contributed by atoms with E-state index in [2.05, 4.69) is 10.0 Å². The number of hydrogen-bond donors (Lipinski definition) is 2. The average Bonchev–Trinajstić information content (AvgIpc) is 2.97. The number of rotatable bonds is 8. The molecule has 2 rings (SSSR count). The molecule has 0 fully saturated rings. The number of carbonyl (C=O) groups excluding carboxylic acids is 3. The van der Waals surface area contributed by atoms with E-state index < -0.39 is 41.0 Å². The highest BCUT2D eigenvalue weighted by Gasteiger charge is 2.22. The summed E-state index contributed by atoms with van der Waals surface area (Å²) in [4.78, 5) is 36.6. The third-order valence-electron chi connectivity index (χ3n) is 4.13. The molecule has 1 amide bonds. The van der Waals surface area contributed by atoms with Crippen molar-refractivity contribution in [1.82, 2.24) is 4.72 Å². The molecular weight excluding hydrogens is 432 g/mol. The first-order valence-electron chi connectivity index (χ1n) is 8.75. The van der Waals surface area contributed by atoms with Crippen LogP contribution in [0.15, 0.2) is 29.2 Å². The Kier molecular flexibility index (Phi) is 7.71. The number of carbonyl (C=O) groups is 3. The zero-order valence-corrected chi connectivity index (χ0v) is 18.5. The molecule has 11 heteroatoms. The number of amides is 1. The standard InChI is InChI=1S/C19H22N2O7S2/c1-11-5-7-14(8-6-11)30(25,26)20-9-16(23)28-10-15(22)21-18-17(19(24)27-4)12(2)13(3)29-18/h5-8,20H,9-10H2,1-4H3,(H,21,22). The SMILES string of the molecule is COC(=O)c1c(NC(=O)COC(=O)CNS(=O)(=O)c2ccc(C)cc2)sc(C)c1C. The Balaban J connectivity index is 1.90. The lowest BCUT2D eigenvalue weighted by Gasteiger charge is -2.09. The molecule has 0 atom stereocenters. The van der Waals surface area contributed by atoms with Gasteiger partial charge in [-0.3, -0.25) is 9.59 Å². The predicted molar refractivity (Wildman–Crippen MR) is 111 cm³/mol. The lowest BCUT2D eigenvalue weighted by atomic mass is 10.1.